The van der Waals surface area contributed by atoms with Gasteiger partial charge in [-0.15, -0.1) is 0 Å². The van der Waals surface area contributed by atoms with E-state index in [0.717, 1.165) is 27.1 Å². The number of hydrogen-bond acceptors (Lipinski definition) is 6. The fourth-order valence-corrected chi connectivity index (χ4v) is 3.86. The van der Waals surface area contributed by atoms with Crippen molar-refractivity contribution in [3.05, 3.63) is 35.3 Å². The molecule has 0 saturated carbocycles. The average Bonchev–Trinajstić information content (AvgIpc) is 3.05. The number of aryl methyl sites for hydroxylation is 1. The average molecular weight is 347 g/mol. The van der Waals surface area contributed by atoms with Gasteiger partial charge in [-0.25, -0.2) is 4.98 Å². The Morgan fingerprint density at radius 1 is 1.35 bits per heavy atom. The Kier molecular flexibility index (Phi) is 4.37. The molecule has 0 bridgehead atoms. The van der Waals surface area contributed by atoms with E-state index in [1.807, 2.05) is 23.7 Å². The van der Waals surface area contributed by atoms with Crippen LogP contribution in [0.25, 0.3) is 10.6 Å². The number of aromatic hydroxyl groups is 1. The van der Waals surface area contributed by atoms with E-state index in [9.17, 15) is 9.90 Å². The third-order valence-electron chi connectivity index (χ3n) is 2.99. The van der Waals surface area contributed by atoms with Gasteiger partial charge in [-0.05, 0) is 19.1 Å². The van der Waals surface area contributed by atoms with E-state index in [0.29, 0.717) is 5.13 Å². The van der Waals surface area contributed by atoms with E-state index in [1.54, 1.807) is 18.2 Å². The number of carbonyl (C=O) groups excluding carboxylic acids is 1. The van der Waals surface area contributed by atoms with Crippen LogP contribution in [0.3, 0.4) is 0 Å². The van der Waals surface area contributed by atoms with Gasteiger partial charge in [0.1, 0.15) is 11.4 Å². The lowest BCUT2D eigenvalue weighted by molar-refractivity contribution is -0.478. The molecule has 0 fully saturated rings. The molecule has 0 unspecified atom stereocenters. The van der Waals surface area contributed by atoms with Gasteiger partial charge in [-0.1, -0.05) is 28.7 Å². The van der Waals surface area contributed by atoms with Crippen LogP contribution >= 0.6 is 22.7 Å². The fourth-order valence-electron chi connectivity index (χ4n) is 2.05. The number of amides is 1. The number of nitrogens with one attached hydrogen (secondary N) is 1. The molecule has 23 heavy (non-hydrogen) atoms. The standard InChI is InChI=1S/C15H14N4O2S2/c1-8-13(23-15(16-8)17-9(2)20)12-7-22-14(19-12)18-10-4-3-5-11(21)6-10/h3-7,21H,1-2H3,(H,18,19)(H,16,17,20)/p+1. The van der Waals surface area contributed by atoms with Crippen molar-refractivity contribution in [2.24, 2.45) is 0 Å². The summed E-state index contributed by atoms with van der Waals surface area (Å²) in [4.78, 5) is 21.0. The molecule has 0 aliphatic heterocycles. The zero-order valence-corrected chi connectivity index (χ0v) is 14.2. The zero-order chi connectivity index (χ0) is 16.4. The predicted molar refractivity (Wildman–Crippen MR) is 91.6 cm³/mol. The van der Waals surface area contributed by atoms with Crippen LogP contribution < -0.4 is 10.6 Å². The van der Waals surface area contributed by atoms with E-state index in [4.69, 9.17) is 0 Å². The molecular formula is C15H15N4O2S2+. The molecule has 0 atom stereocenters. The lowest BCUT2D eigenvalue weighted by atomic mass is 10.3. The molecule has 2 aromatic heterocycles. The van der Waals surface area contributed by atoms with Crippen LogP contribution in [0.15, 0.2) is 29.6 Å². The zero-order valence-electron chi connectivity index (χ0n) is 12.5. The van der Waals surface area contributed by atoms with Crippen LogP contribution in [-0.4, -0.2) is 21.0 Å². The highest BCUT2D eigenvalue weighted by molar-refractivity contribution is 7.19. The highest BCUT2D eigenvalue weighted by atomic mass is 32.1. The van der Waals surface area contributed by atoms with E-state index in [2.05, 4.69) is 15.3 Å². The van der Waals surface area contributed by atoms with Gasteiger partial charge in [-0.3, -0.25) is 10.1 Å². The van der Waals surface area contributed by atoms with Crippen molar-refractivity contribution in [1.29, 1.82) is 0 Å². The van der Waals surface area contributed by atoms with Crippen LogP contribution in [0.4, 0.5) is 16.0 Å². The first-order valence-corrected chi connectivity index (χ1v) is 8.55. The quantitative estimate of drug-likeness (QED) is 0.633. The summed E-state index contributed by atoms with van der Waals surface area (Å²) in [5.74, 6) is 0.0928. The van der Waals surface area contributed by atoms with E-state index in [-0.39, 0.29) is 11.7 Å². The molecule has 3 aromatic rings. The maximum atomic E-state index is 11.1. The van der Waals surface area contributed by atoms with Crippen molar-refractivity contribution in [2.45, 2.75) is 13.8 Å². The van der Waals surface area contributed by atoms with Gasteiger partial charge in [0.25, 0.3) is 5.13 Å². The molecule has 0 spiro atoms. The summed E-state index contributed by atoms with van der Waals surface area (Å²) in [5.41, 5.74) is 2.58. The van der Waals surface area contributed by atoms with E-state index < -0.39 is 0 Å². The monoisotopic (exact) mass is 347 g/mol. The Bertz CT molecular complexity index is 857. The number of rotatable bonds is 4. The summed E-state index contributed by atoms with van der Waals surface area (Å²) in [5, 5.41) is 17.5. The van der Waals surface area contributed by atoms with Crippen molar-refractivity contribution >= 4 is 44.5 Å². The molecule has 118 valence electrons. The van der Waals surface area contributed by atoms with Gasteiger partial charge in [0.2, 0.25) is 5.91 Å². The number of carbonyl (C=O) groups is 1. The fraction of sp³-hybridized carbons (Fsp3) is 0.133. The van der Waals surface area contributed by atoms with Crippen LogP contribution in [0.1, 0.15) is 12.6 Å². The van der Waals surface area contributed by atoms with E-state index in [1.165, 1.54) is 29.6 Å². The molecule has 1 amide bonds. The number of quaternary nitrogens is 1. The number of nitrogens with two attached hydrogens (primary N) is 1. The van der Waals surface area contributed by atoms with Crippen LogP contribution in [0.5, 0.6) is 5.75 Å². The lowest BCUT2D eigenvalue weighted by Crippen LogP contribution is -2.70. The van der Waals surface area contributed by atoms with Crippen LogP contribution in [-0.2, 0) is 4.79 Å². The first-order valence-electron chi connectivity index (χ1n) is 6.86. The van der Waals surface area contributed by atoms with Gasteiger partial charge >= 0.3 is 0 Å². The molecule has 0 saturated heterocycles. The smallest absolute Gasteiger partial charge is 0.288 e. The molecule has 3 rings (SSSR count). The van der Waals surface area contributed by atoms with Crippen molar-refractivity contribution in [1.82, 2.24) is 9.97 Å². The van der Waals surface area contributed by atoms with Gasteiger partial charge in [-0.2, -0.15) is 4.98 Å². The summed E-state index contributed by atoms with van der Waals surface area (Å²) >= 11 is 2.93. The number of benzene rings is 1. The Labute approximate surface area is 140 Å². The van der Waals surface area contributed by atoms with Gasteiger partial charge in [0, 0.05) is 18.4 Å². The molecule has 0 aliphatic rings. The first-order chi connectivity index (χ1) is 11.0. The number of aromatic nitrogens is 2. The van der Waals surface area contributed by atoms with E-state index >= 15 is 0 Å². The number of phenols is 1. The van der Waals surface area contributed by atoms with Crippen LogP contribution in [0.2, 0.25) is 0 Å². The second-order valence-electron chi connectivity index (χ2n) is 4.93. The van der Waals surface area contributed by atoms with Crippen molar-refractivity contribution in [3.8, 4) is 16.3 Å². The number of hydrogen-bond donors (Lipinski definition) is 3. The first kappa shape index (κ1) is 15.6. The van der Waals surface area contributed by atoms with Gasteiger partial charge < -0.3 is 10.4 Å². The molecule has 6 nitrogen and oxygen atoms in total. The minimum absolute atomic E-state index is 0.138. The summed E-state index contributed by atoms with van der Waals surface area (Å²) in [6.45, 7) is 3.36. The van der Waals surface area contributed by atoms with Gasteiger partial charge in [0.05, 0.1) is 16.3 Å². The molecule has 4 N–H and O–H groups in total. The highest BCUT2D eigenvalue weighted by Crippen LogP contribution is 2.33. The topological polar surface area (TPSA) is 91.7 Å². The Morgan fingerprint density at radius 3 is 2.91 bits per heavy atom. The second kappa shape index (κ2) is 6.45. The van der Waals surface area contributed by atoms with Crippen molar-refractivity contribution in [2.75, 3.05) is 5.32 Å². The Balaban J connectivity index is 1.81. The Morgan fingerprint density at radius 2 is 2.17 bits per heavy atom. The van der Waals surface area contributed by atoms with Crippen molar-refractivity contribution in [3.63, 3.8) is 0 Å². The minimum atomic E-state index is -0.138. The third-order valence-corrected chi connectivity index (χ3v) is 4.88. The largest absolute Gasteiger partial charge is 0.508 e. The Hall–Kier alpha value is -2.29. The molecule has 2 heterocycles. The number of nitrogens with zero attached hydrogens (tertiary/aromatic N) is 2. The summed E-state index contributed by atoms with van der Waals surface area (Å²) in [6, 6.07) is 7.03. The molecule has 0 radical (unpaired) electrons. The van der Waals surface area contributed by atoms with Crippen molar-refractivity contribution < 1.29 is 15.2 Å². The van der Waals surface area contributed by atoms with Crippen LogP contribution in [0, 0.1) is 6.92 Å². The number of phenolic OH excluding ortho intramolecular Hbond substituents is 1. The molecule has 1 aromatic carbocycles. The normalized spacial score (nSPS) is 10.7. The summed E-state index contributed by atoms with van der Waals surface area (Å²) in [6.07, 6.45) is 0. The SMILES string of the molecule is CC(=O)Nc1nc(C)c(-c2csc([NH2+]c3cccc(O)c3)n2)s1. The highest BCUT2D eigenvalue weighted by Gasteiger charge is 2.15. The summed E-state index contributed by atoms with van der Waals surface area (Å²) in [7, 11) is 0. The second-order valence-corrected chi connectivity index (χ2v) is 6.81. The number of anilines is 1. The molecular weight excluding hydrogens is 332 g/mol. The lowest BCUT2D eigenvalue weighted by Gasteiger charge is -1.96. The third kappa shape index (κ3) is 3.73. The summed E-state index contributed by atoms with van der Waals surface area (Å²) < 4.78 is 0. The molecule has 0 aliphatic carbocycles. The van der Waals surface area contributed by atoms with Gasteiger partial charge in [0.15, 0.2) is 5.13 Å². The molecule has 8 heteroatoms. The maximum absolute atomic E-state index is 11.1. The minimum Gasteiger partial charge on any atom is -0.508 e. The maximum Gasteiger partial charge on any atom is 0.288 e. The number of thiazole rings is 2. The predicted octanol–water partition coefficient (Wildman–Crippen LogP) is 2.77.